The molecule has 0 aliphatic rings. The summed E-state index contributed by atoms with van der Waals surface area (Å²) in [6.45, 7) is 20.7. The van der Waals surface area contributed by atoms with Gasteiger partial charge >= 0.3 is 0 Å². The second-order valence-electron chi connectivity index (χ2n) is 14.0. The van der Waals surface area contributed by atoms with E-state index < -0.39 is 13.1 Å². The number of hydrogen-bond donors (Lipinski definition) is 1. The summed E-state index contributed by atoms with van der Waals surface area (Å²) in [5.41, 5.74) is 13.1. The molecule has 51 heavy (non-hydrogen) atoms. The molecule has 0 saturated heterocycles. The van der Waals surface area contributed by atoms with Gasteiger partial charge in [-0.25, -0.2) is 15.3 Å². The van der Waals surface area contributed by atoms with Crippen LogP contribution in [0.3, 0.4) is 0 Å². The molecule has 0 spiro atoms. The quantitative estimate of drug-likeness (QED) is 0.150. The Hall–Kier alpha value is -4.55. The maximum Gasteiger partial charge on any atom is 0.300 e. The topological polar surface area (TPSA) is 90.8 Å². The minimum absolute atomic E-state index is 0. The zero-order valence-corrected chi connectivity index (χ0v) is 34.7. The van der Waals surface area contributed by atoms with E-state index >= 15 is 0 Å². The summed E-state index contributed by atoms with van der Waals surface area (Å²) in [7, 11) is -0.434. The number of carboxylic acids is 1. The van der Waals surface area contributed by atoms with Gasteiger partial charge in [0, 0.05) is 43.1 Å². The Bertz CT molecular complexity index is 1830. The third kappa shape index (κ3) is 9.03. The van der Waals surface area contributed by atoms with Crippen LogP contribution in [-0.4, -0.2) is 47.3 Å². The maximum atomic E-state index is 9.00. The van der Waals surface area contributed by atoms with Crippen molar-refractivity contribution in [2.75, 3.05) is 0 Å². The van der Waals surface area contributed by atoms with Gasteiger partial charge in [-0.2, -0.15) is 0 Å². The summed E-state index contributed by atoms with van der Waals surface area (Å²) >= 11 is 0. The van der Waals surface area contributed by atoms with E-state index in [2.05, 4.69) is 167 Å². The summed E-state index contributed by atoms with van der Waals surface area (Å²) < 4.78 is 6.18. The van der Waals surface area contributed by atoms with Crippen LogP contribution in [0, 0.1) is 20.8 Å². The molecule has 3 heterocycles. The molecule has 0 aliphatic carbocycles. The Labute approximate surface area is 315 Å². The molecule has 261 valence electrons. The smallest absolute Gasteiger partial charge is 0.300 e. The van der Waals surface area contributed by atoms with Crippen molar-refractivity contribution >= 4 is 13.1 Å². The molecule has 10 heteroatoms. The fraction of sp³-hybridized carbons (Fsp3) is 0.317. The van der Waals surface area contributed by atoms with Gasteiger partial charge in [0.15, 0.2) is 0 Å². The van der Waals surface area contributed by atoms with Crippen molar-refractivity contribution in [1.82, 2.24) is 29.1 Å². The van der Waals surface area contributed by atoms with Crippen LogP contribution >= 0.6 is 0 Å². The molecule has 0 unspecified atom stereocenters. The third-order valence-corrected chi connectivity index (χ3v) is 9.04. The number of aryl methyl sites for hydroxylation is 3. The van der Waals surface area contributed by atoms with Crippen LogP contribution in [0.5, 0.6) is 0 Å². The van der Waals surface area contributed by atoms with Crippen LogP contribution in [0.1, 0.15) is 100.0 Å². The van der Waals surface area contributed by atoms with Gasteiger partial charge < -0.3 is 18.9 Å². The first-order valence-electron chi connectivity index (χ1n) is 17.4. The number of benzene rings is 3. The monoisotopic (exact) mass is 732 g/mol. The number of carboxylic acid groups (broad SMARTS) is 1. The first kappa shape index (κ1) is 39.2. The van der Waals surface area contributed by atoms with E-state index in [-0.39, 0.29) is 19.5 Å². The molecule has 3 aromatic heterocycles. The van der Waals surface area contributed by atoms with E-state index in [4.69, 9.17) is 25.2 Å². The van der Waals surface area contributed by atoms with E-state index in [1.807, 2.05) is 0 Å². The van der Waals surface area contributed by atoms with Crippen LogP contribution in [0.15, 0.2) is 91.0 Å². The molecule has 0 fully saturated rings. The van der Waals surface area contributed by atoms with E-state index in [0.29, 0.717) is 17.8 Å². The molecular weight excluding hydrogens is 685 g/mol. The Kier molecular flexibility index (Phi) is 12.8. The summed E-state index contributed by atoms with van der Waals surface area (Å²) in [4.78, 5) is 9.00. The van der Waals surface area contributed by atoms with Gasteiger partial charge in [0.1, 0.15) is 0 Å². The predicted octanol–water partition coefficient (Wildman–Crippen LogP) is 9.59. The number of hydrogen-bond acceptors (Lipinski definition) is 4. The SMILES string of the molecule is CC(=O)O.Cc1cc(-c2ccc(C(C)C)cc2)nn1[B-](n1nc(-c2ccc(C(C)C)cc2)cc1C)n1nc(-c2ccc(C(C)C)cc2)cc1C.[Zn]. The molecule has 3 aromatic carbocycles. The average molecular weight is 734 g/mol. The average Bonchev–Trinajstić information content (AvgIpc) is 3.78. The van der Waals surface area contributed by atoms with Crippen LogP contribution < -0.4 is 0 Å². The summed E-state index contributed by atoms with van der Waals surface area (Å²) in [5, 5.41) is 23.0. The van der Waals surface area contributed by atoms with Crippen molar-refractivity contribution in [3.8, 4) is 33.8 Å². The van der Waals surface area contributed by atoms with Crippen molar-refractivity contribution in [2.45, 2.75) is 87.0 Å². The van der Waals surface area contributed by atoms with E-state index in [1.165, 1.54) is 16.7 Å². The van der Waals surface area contributed by atoms with Gasteiger partial charge in [-0.15, -0.1) is 0 Å². The third-order valence-electron chi connectivity index (χ3n) is 9.04. The number of aliphatic carboxylic acids is 1. The van der Waals surface area contributed by atoms with Crippen LogP contribution in [0.2, 0.25) is 0 Å². The zero-order chi connectivity index (χ0) is 36.3. The number of aromatic nitrogens is 6. The van der Waals surface area contributed by atoms with Crippen molar-refractivity contribution in [2.24, 2.45) is 0 Å². The maximum absolute atomic E-state index is 9.00. The zero-order valence-electron chi connectivity index (χ0n) is 31.7. The molecule has 0 saturated carbocycles. The van der Waals surface area contributed by atoms with Crippen molar-refractivity contribution < 1.29 is 29.4 Å². The Morgan fingerprint density at radius 2 is 0.745 bits per heavy atom. The molecule has 8 nitrogen and oxygen atoms in total. The number of rotatable bonds is 9. The molecule has 0 aliphatic heterocycles. The largest absolute Gasteiger partial charge is 0.481 e. The minimum atomic E-state index is -0.833. The van der Waals surface area contributed by atoms with E-state index in [1.54, 1.807) is 0 Å². The van der Waals surface area contributed by atoms with Crippen LogP contribution in [0.25, 0.3) is 33.8 Å². The Morgan fingerprint density at radius 3 is 0.941 bits per heavy atom. The van der Waals surface area contributed by atoms with Crippen LogP contribution in [0.4, 0.5) is 0 Å². The normalized spacial score (nSPS) is 11.3. The molecule has 0 amide bonds. The standard InChI is InChI=1S/C39H45BN6.C2H4O2.Zn/c1-25(2)31-10-16-34(17-11-31)37-22-28(7)44(41-37)40(45-29(8)23-38(42-45)35-18-12-32(13-19-35)26(3)4)46-30(9)24-39(43-46)36-20-14-33(15-21-36)27(5)6;1-2(3)4;/h10-27H,1-9H3;1H3,(H,3,4);/q-1;;. The van der Waals surface area contributed by atoms with E-state index in [9.17, 15) is 0 Å². The van der Waals surface area contributed by atoms with E-state index in [0.717, 1.165) is 57.8 Å². The fourth-order valence-corrected chi connectivity index (χ4v) is 6.02. The molecule has 0 atom stereocenters. The van der Waals surface area contributed by atoms with Gasteiger partial charge in [0.05, 0.1) is 17.1 Å². The molecule has 1 N–H and O–H groups in total. The van der Waals surface area contributed by atoms with Gasteiger partial charge in [-0.1, -0.05) is 114 Å². The van der Waals surface area contributed by atoms with Gasteiger partial charge in [-0.3, -0.25) is 4.79 Å². The number of nitrogens with zero attached hydrogens (tertiary/aromatic N) is 6. The molecule has 6 rings (SSSR count). The van der Waals surface area contributed by atoms with Crippen molar-refractivity contribution in [3.05, 3.63) is 125 Å². The van der Waals surface area contributed by atoms with Gasteiger partial charge in [0.25, 0.3) is 13.1 Å². The molecule has 0 bridgehead atoms. The van der Waals surface area contributed by atoms with Crippen LogP contribution in [-0.2, 0) is 24.3 Å². The van der Waals surface area contributed by atoms with Crippen molar-refractivity contribution in [3.63, 3.8) is 0 Å². The van der Waals surface area contributed by atoms with Gasteiger partial charge in [0.2, 0.25) is 0 Å². The minimum Gasteiger partial charge on any atom is -0.481 e. The molecule has 6 aromatic rings. The first-order valence-corrected chi connectivity index (χ1v) is 17.4. The fourth-order valence-electron chi connectivity index (χ4n) is 6.02. The first-order chi connectivity index (χ1) is 23.7. The second kappa shape index (κ2) is 16.6. The van der Waals surface area contributed by atoms with Gasteiger partial charge in [-0.05, 0) is 90.5 Å². The number of carbonyl (C=O) groups is 1. The molecular formula is C41H49BN6O2Zn-. The predicted molar refractivity (Wildman–Crippen MR) is 205 cm³/mol. The Balaban J connectivity index is 0.00000111. The summed E-state index contributed by atoms with van der Waals surface area (Å²) in [6.07, 6.45) is 0. The second-order valence-corrected chi connectivity index (χ2v) is 14.0. The van der Waals surface area contributed by atoms with Crippen molar-refractivity contribution in [1.29, 1.82) is 0 Å². The summed E-state index contributed by atoms with van der Waals surface area (Å²) in [5.74, 6) is 0.611. The summed E-state index contributed by atoms with van der Waals surface area (Å²) in [6, 6.07) is 32.7. The molecule has 1 radical (unpaired) electrons. The Morgan fingerprint density at radius 1 is 0.529 bits per heavy atom.